The monoisotopic (exact) mass is 318 g/mol. The quantitative estimate of drug-likeness (QED) is 0.944. The smallest absolute Gasteiger partial charge is 0.291 e. The van der Waals surface area contributed by atoms with Crippen LogP contribution in [0.1, 0.15) is 48.5 Å². The van der Waals surface area contributed by atoms with E-state index in [0.717, 1.165) is 18.5 Å². The summed E-state index contributed by atoms with van der Waals surface area (Å²) >= 11 is 6.00. The number of carbonyl (C=O) groups is 1. The van der Waals surface area contributed by atoms with Crippen molar-refractivity contribution in [2.45, 2.75) is 45.1 Å². The third-order valence-corrected chi connectivity index (χ3v) is 4.20. The van der Waals surface area contributed by atoms with E-state index in [-0.39, 0.29) is 17.8 Å². The van der Waals surface area contributed by atoms with Crippen LogP contribution in [0.3, 0.4) is 0 Å². The van der Waals surface area contributed by atoms with E-state index in [0.29, 0.717) is 10.8 Å². The number of rotatable bonds is 3. The van der Waals surface area contributed by atoms with Crippen LogP contribution in [0.2, 0.25) is 5.02 Å². The van der Waals surface area contributed by atoms with Gasteiger partial charge in [0.15, 0.2) is 0 Å². The van der Waals surface area contributed by atoms with E-state index in [1.54, 1.807) is 16.8 Å². The lowest BCUT2D eigenvalue weighted by Crippen LogP contribution is -2.36. The Morgan fingerprint density at radius 1 is 1.32 bits per heavy atom. The predicted molar refractivity (Wildman–Crippen MR) is 85.4 cm³/mol. The molecule has 0 saturated heterocycles. The zero-order valence-electron chi connectivity index (χ0n) is 12.6. The number of amides is 1. The first kappa shape index (κ1) is 15.0. The number of nitrogens with one attached hydrogen (secondary N) is 1. The van der Waals surface area contributed by atoms with E-state index in [1.807, 2.05) is 19.1 Å². The molecule has 1 fully saturated rings. The molecule has 0 atom stereocenters. The number of carbonyl (C=O) groups excluding carboxylic acids is 1. The van der Waals surface area contributed by atoms with Crippen molar-refractivity contribution in [2.24, 2.45) is 0 Å². The average Bonchev–Trinajstić information content (AvgIpc) is 2.90. The van der Waals surface area contributed by atoms with Gasteiger partial charge in [0.05, 0.1) is 5.69 Å². The van der Waals surface area contributed by atoms with Crippen LogP contribution in [0.25, 0.3) is 5.69 Å². The van der Waals surface area contributed by atoms with Gasteiger partial charge in [-0.15, -0.1) is 5.10 Å². The van der Waals surface area contributed by atoms with Gasteiger partial charge in [0.1, 0.15) is 5.82 Å². The van der Waals surface area contributed by atoms with E-state index in [4.69, 9.17) is 11.6 Å². The van der Waals surface area contributed by atoms with Crippen molar-refractivity contribution < 1.29 is 4.79 Å². The Kier molecular flexibility index (Phi) is 4.43. The highest BCUT2D eigenvalue weighted by atomic mass is 35.5. The van der Waals surface area contributed by atoms with Crippen molar-refractivity contribution in [3.63, 3.8) is 0 Å². The standard InChI is InChI=1S/C16H19ClN4O/c1-11-18-15(16(22)19-13-7-3-2-4-8-13)20-21(11)14-9-5-6-12(17)10-14/h5-6,9-10,13H,2-4,7-8H2,1H3,(H,19,22). The maximum Gasteiger partial charge on any atom is 0.291 e. The maximum atomic E-state index is 12.3. The Morgan fingerprint density at radius 3 is 2.82 bits per heavy atom. The fourth-order valence-corrected chi connectivity index (χ4v) is 3.02. The van der Waals surface area contributed by atoms with Crippen LogP contribution in [0, 0.1) is 6.92 Å². The van der Waals surface area contributed by atoms with E-state index in [1.165, 1.54) is 19.3 Å². The minimum absolute atomic E-state index is 0.198. The molecule has 1 saturated carbocycles. The first-order valence-electron chi connectivity index (χ1n) is 7.64. The van der Waals surface area contributed by atoms with Crippen molar-refractivity contribution in [3.8, 4) is 5.69 Å². The van der Waals surface area contributed by atoms with Gasteiger partial charge in [0.25, 0.3) is 5.91 Å². The molecule has 0 unspecified atom stereocenters. The Labute approximate surface area is 134 Å². The second kappa shape index (κ2) is 6.48. The molecule has 5 nitrogen and oxygen atoms in total. The Bertz CT molecular complexity index is 677. The number of halogens is 1. The summed E-state index contributed by atoms with van der Waals surface area (Å²) in [7, 11) is 0. The molecular weight excluding hydrogens is 300 g/mol. The molecule has 3 rings (SSSR count). The lowest BCUT2D eigenvalue weighted by Gasteiger charge is -2.21. The second-order valence-electron chi connectivity index (χ2n) is 5.68. The topological polar surface area (TPSA) is 59.8 Å². The van der Waals surface area contributed by atoms with E-state index < -0.39 is 0 Å². The summed E-state index contributed by atoms with van der Waals surface area (Å²) in [4.78, 5) is 16.6. The molecule has 0 aliphatic heterocycles. The first-order chi connectivity index (χ1) is 10.6. The molecule has 22 heavy (non-hydrogen) atoms. The van der Waals surface area contributed by atoms with Crippen LogP contribution in [0.4, 0.5) is 0 Å². The Morgan fingerprint density at radius 2 is 2.09 bits per heavy atom. The van der Waals surface area contributed by atoms with Crippen LogP contribution in [-0.2, 0) is 0 Å². The third-order valence-electron chi connectivity index (χ3n) is 3.97. The summed E-state index contributed by atoms with van der Waals surface area (Å²) in [5.74, 6) is 0.676. The molecule has 0 bridgehead atoms. The van der Waals surface area contributed by atoms with Crippen molar-refractivity contribution in [2.75, 3.05) is 0 Å². The maximum absolute atomic E-state index is 12.3. The van der Waals surface area contributed by atoms with Gasteiger partial charge in [-0.25, -0.2) is 9.67 Å². The summed E-state index contributed by atoms with van der Waals surface area (Å²) in [6.07, 6.45) is 5.69. The van der Waals surface area contributed by atoms with E-state index >= 15 is 0 Å². The molecule has 0 spiro atoms. The molecule has 2 aromatic rings. The van der Waals surface area contributed by atoms with Gasteiger partial charge in [-0.3, -0.25) is 4.79 Å². The van der Waals surface area contributed by atoms with Crippen LogP contribution in [-0.4, -0.2) is 26.7 Å². The molecule has 0 radical (unpaired) electrons. The summed E-state index contributed by atoms with van der Waals surface area (Å²) in [5, 5.41) is 7.98. The van der Waals surface area contributed by atoms with Gasteiger partial charge in [0.2, 0.25) is 5.82 Å². The third kappa shape index (κ3) is 3.30. The fraction of sp³-hybridized carbons (Fsp3) is 0.438. The molecule has 6 heteroatoms. The number of hydrogen-bond acceptors (Lipinski definition) is 3. The van der Waals surface area contributed by atoms with Crippen LogP contribution in [0.5, 0.6) is 0 Å². The predicted octanol–water partition coefficient (Wildman–Crippen LogP) is 3.29. The van der Waals surface area contributed by atoms with E-state index in [2.05, 4.69) is 15.4 Å². The fourth-order valence-electron chi connectivity index (χ4n) is 2.84. The van der Waals surface area contributed by atoms with Gasteiger partial charge < -0.3 is 5.32 Å². The van der Waals surface area contributed by atoms with Crippen molar-refractivity contribution >= 4 is 17.5 Å². The van der Waals surface area contributed by atoms with Crippen molar-refractivity contribution in [1.82, 2.24) is 20.1 Å². The van der Waals surface area contributed by atoms with Crippen LogP contribution in [0.15, 0.2) is 24.3 Å². The molecule has 1 heterocycles. The summed E-state index contributed by atoms with van der Waals surface area (Å²) in [5.41, 5.74) is 0.800. The lowest BCUT2D eigenvalue weighted by molar-refractivity contribution is 0.0917. The molecule has 1 aromatic heterocycles. The van der Waals surface area contributed by atoms with Gasteiger partial charge in [-0.05, 0) is 38.0 Å². The number of nitrogens with zero attached hydrogens (tertiary/aromatic N) is 3. The molecule has 1 aliphatic carbocycles. The largest absolute Gasteiger partial charge is 0.347 e. The molecular formula is C16H19ClN4O. The minimum atomic E-state index is -0.198. The average molecular weight is 319 g/mol. The second-order valence-corrected chi connectivity index (χ2v) is 6.12. The number of hydrogen-bond donors (Lipinski definition) is 1. The Balaban J connectivity index is 1.78. The van der Waals surface area contributed by atoms with E-state index in [9.17, 15) is 4.79 Å². The van der Waals surface area contributed by atoms with Gasteiger partial charge >= 0.3 is 0 Å². The molecule has 1 aliphatic rings. The van der Waals surface area contributed by atoms with Crippen molar-refractivity contribution in [1.29, 1.82) is 0 Å². The molecule has 116 valence electrons. The number of aryl methyl sites for hydroxylation is 1. The minimum Gasteiger partial charge on any atom is -0.347 e. The summed E-state index contributed by atoms with van der Waals surface area (Å²) < 4.78 is 1.64. The normalized spacial score (nSPS) is 15.7. The summed E-state index contributed by atoms with van der Waals surface area (Å²) in [6.45, 7) is 1.82. The van der Waals surface area contributed by atoms with Gasteiger partial charge in [-0.2, -0.15) is 0 Å². The van der Waals surface area contributed by atoms with Crippen molar-refractivity contribution in [3.05, 3.63) is 40.9 Å². The Hall–Kier alpha value is -1.88. The van der Waals surface area contributed by atoms with Crippen LogP contribution < -0.4 is 5.32 Å². The van der Waals surface area contributed by atoms with Gasteiger partial charge in [-0.1, -0.05) is 36.9 Å². The molecule has 1 N–H and O–H groups in total. The highest BCUT2D eigenvalue weighted by molar-refractivity contribution is 6.30. The molecule has 1 aromatic carbocycles. The highest BCUT2D eigenvalue weighted by Gasteiger charge is 2.20. The summed E-state index contributed by atoms with van der Waals surface area (Å²) in [6, 6.07) is 7.58. The van der Waals surface area contributed by atoms with Crippen LogP contribution >= 0.6 is 11.6 Å². The first-order valence-corrected chi connectivity index (χ1v) is 8.02. The van der Waals surface area contributed by atoms with Gasteiger partial charge in [0, 0.05) is 11.1 Å². The zero-order valence-corrected chi connectivity index (χ0v) is 13.3. The molecule has 1 amide bonds. The number of benzene rings is 1. The SMILES string of the molecule is Cc1nc(C(=O)NC2CCCCC2)nn1-c1cccc(Cl)c1. The lowest BCUT2D eigenvalue weighted by atomic mass is 9.95. The zero-order chi connectivity index (χ0) is 15.5. The number of aromatic nitrogens is 3. The highest BCUT2D eigenvalue weighted by Crippen LogP contribution is 2.18.